The first-order chi connectivity index (χ1) is 14.5. The number of rotatable bonds is 9. The lowest BCUT2D eigenvalue weighted by atomic mass is 9.66. The number of ether oxygens (including phenoxy) is 1. The molecular formula is C23H36N2O6. The summed E-state index contributed by atoms with van der Waals surface area (Å²) < 4.78 is 6.40. The Morgan fingerprint density at radius 3 is 2.48 bits per heavy atom. The van der Waals surface area contributed by atoms with Crippen molar-refractivity contribution < 1.29 is 29.3 Å². The highest BCUT2D eigenvalue weighted by Crippen LogP contribution is 2.63. The van der Waals surface area contributed by atoms with Crippen molar-refractivity contribution in [3.63, 3.8) is 0 Å². The third-order valence-corrected chi connectivity index (χ3v) is 7.79. The van der Waals surface area contributed by atoms with Gasteiger partial charge < -0.3 is 24.7 Å². The second kappa shape index (κ2) is 8.20. The molecule has 3 aliphatic heterocycles. The maximum atomic E-state index is 13.9. The molecule has 3 fully saturated rings. The van der Waals surface area contributed by atoms with Gasteiger partial charge in [-0.3, -0.25) is 14.4 Å². The van der Waals surface area contributed by atoms with Crippen LogP contribution in [0.15, 0.2) is 12.7 Å². The second-order valence-corrected chi connectivity index (χ2v) is 9.82. The monoisotopic (exact) mass is 436 g/mol. The molecule has 174 valence electrons. The lowest BCUT2D eigenvalue weighted by molar-refractivity contribution is -0.160. The first-order valence-corrected chi connectivity index (χ1v) is 11.3. The van der Waals surface area contributed by atoms with Crippen molar-refractivity contribution in [1.29, 1.82) is 0 Å². The number of fused-ring (bicyclic) bond motifs is 1. The van der Waals surface area contributed by atoms with E-state index in [9.17, 15) is 24.6 Å². The molecule has 0 aromatic carbocycles. The Morgan fingerprint density at radius 2 is 2.00 bits per heavy atom. The molecule has 2 N–H and O–H groups in total. The molecule has 3 aliphatic rings. The number of likely N-dealkylation sites (tertiary alicyclic amines) is 1. The summed E-state index contributed by atoms with van der Waals surface area (Å²) in [5, 5.41) is 20.2. The summed E-state index contributed by atoms with van der Waals surface area (Å²) in [6.45, 7) is 13.2. The topological polar surface area (TPSA) is 107 Å². The lowest BCUT2D eigenvalue weighted by Crippen LogP contribution is -2.60. The highest BCUT2D eigenvalue weighted by atomic mass is 16.5. The van der Waals surface area contributed by atoms with Gasteiger partial charge in [-0.2, -0.15) is 0 Å². The molecule has 1 spiro atoms. The third-order valence-electron chi connectivity index (χ3n) is 7.79. The minimum absolute atomic E-state index is 0.0672. The molecule has 8 nitrogen and oxygen atoms in total. The number of hydrogen-bond acceptors (Lipinski definition) is 5. The van der Waals surface area contributed by atoms with Crippen LogP contribution >= 0.6 is 0 Å². The molecule has 3 saturated heterocycles. The first-order valence-electron chi connectivity index (χ1n) is 11.3. The van der Waals surface area contributed by atoms with E-state index in [0.717, 1.165) is 0 Å². The van der Waals surface area contributed by atoms with Crippen LogP contribution in [0.2, 0.25) is 0 Å². The second-order valence-electron chi connectivity index (χ2n) is 9.82. The average Bonchev–Trinajstić information content (AvgIpc) is 3.27. The summed E-state index contributed by atoms with van der Waals surface area (Å²) in [6, 6.07) is -1.70. The molecule has 2 unspecified atom stereocenters. The van der Waals surface area contributed by atoms with Gasteiger partial charge in [-0.15, -0.1) is 6.58 Å². The van der Waals surface area contributed by atoms with Crippen molar-refractivity contribution in [3.05, 3.63) is 12.7 Å². The van der Waals surface area contributed by atoms with Crippen molar-refractivity contribution in [2.24, 2.45) is 17.8 Å². The fourth-order valence-corrected chi connectivity index (χ4v) is 6.04. The summed E-state index contributed by atoms with van der Waals surface area (Å²) in [4.78, 5) is 43.1. The van der Waals surface area contributed by atoms with E-state index in [0.29, 0.717) is 25.8 Å². The van der Waals surface area contributed by atoms with Crippen LogP contribution in [0.1, 0.15) is 53.9 Å². The number of nitrogens with zero attached hydrogens (tertiary/aromatic N) is 2. The van der Waals surface area contributed by atoms with Crippen molar-refractivity contribution in [3.8, 4) is 0 Å². The molecule has 0 aromatic rings. The van der Waals surface area contributed by atoms with E-state index in [-0.39, 0.29) is 24.5 Å². The molecular weight excluding hydrogens is 400 g/mol. The number of hydrogen-bond donors (Lipinski definition) is 2. The molecule has 2 bridgehead atoms. The fraction of sp³-hybridized carbons (Fsp3) is 0.783. The summed E-state index contributed by atoms with van der Waals surface area (Å²) >= 11 is 0. The van der Waals surface area contributed by atoms with Gasteiger partial charge in [-0.25, -0.2) is 0 Å². The van der Waals surface area contributed by atoms with E-state index in [1.165, 1.54) is 4.90 Å². The summed E-state index contributed by atoms with van der Waals surface area (Å²) in [5.41, 5.74) is -2.18. The van der Waals surface area contributed by atoms with Gasteiger partial charge in [0.05, 0.1) is 30.1 Å². The molecule has 31 heavy (non-hydrogen) atoms. The van der Waals surface area contributed by atoms with Crippen molar-refractivity contribution in [2.45, 2.75) is 83.2 Å². The van der Waals surface area contributed by atoms with Gasteiger partial charge >= 0.3 is 5.97 Å². The van der Waals surface area contributed by atoms with Crippen molar-refractivity contribution in [1.82, 2.24) is 9.80 Å². The molecule has 0 aromatic heterocycles. The average molecular weight is 437 g/mol. The maximum Gasteiger partial charge on any atom is 0.310 e. The molecule has 0 saturated carbocycles. The van der Waals surface area contributed by atoms with Gasteiger partial charge in [-0.05, 0) is 39.5 Å². The largest absolute Gasteiger partial charge is 0.481 e. The zero-order chi connectivity index (χ0) is 23.3. The summed E-state index contributed by atoms with van der Waals surface area (Å²) in [7, 11) is 0. The predicted molar refractivity (Wildman–Crippen MR) is 114 cm³/mol. The molecule has 2 amide bonds. The van der Waals surface area contributed by atoms with Crippen LogP contribution in [0.25, 0.3) is 0 Å². The van der Waals surface area contributed by atoms with Gasteiger partial charge in [0.25, 0.3) is 0 Å². The molecule has 3 heterocycles. The Labute approximate surface area is 184 Å². The number of carboxylic acid groups (broad SMARTS) is 1. The smallest absolute Gasteiger partial charge is 0.310 e. The van der Waals surface area contributed by atoms with Gasteiger partial charge in [0.15, 0.2) is 0 Å². The lowest BCUT2D eigenvalue weighted by Gasteiger charge is -2.42. The third kappa shape index (κ3) is 3.30. The van der Waals surface area contributed by atoms with Gasteiger partial charge in [0.1, 0.15) is 11.6 Å². The Hall–Kier alpha value is -1.93. The van der Waals surface area contributed by atoms with E-state index >= 15 is 0 Å². The number of carbonyl (C=O) groups excluding carboxylic acids is 2. The molecule has 3 rings (SSSR count). The van der Waals surface area contributed by atoms with E-state index in [1.54, 1.807) is 17.9 Å². The van der Waals surface area contributed by atoms with Crippen LogP contribution in [0.4, 0.5) is 0 Å². The van der Waals surface area contributed by atoms with Crippen LogP contribution < -0.4 is 0 Å². The minimum Gasteiger partial charge on any atom is -0.481 e. The van der Waals surface area contributed by atoms with Crippen LogP contribution in [-0.2, 0) is 19.1 Å². The Morgan fingerprint density at radius 1 is 1.35 bits per heavy atom. The minimum atomic E-state index is -1.19. The van der Waals surface area contributed by atoms with Crippen LogP contribution in [0.5, 0.6) is 0 Å². The van der Waals surface area contributed by atoms with Crippen molar-refractivity contribution >= 4 is 17.8 Å². The zero-order valence-corrected chi connectivity index (χ0v) is 19.2. The Balaban J connectivity index is 2.17. The van der Waals surface area contributed by atoms with Gasteiger partial charge in [0, 0.05) is 12.6 Å². The number of amides is 2. The Kier molecular flexibility index (Phi) is 6.28. The number of carbonyl (C=O) groups is 3. The molecule has 0 aliphatic carbocycles. The number of carboxylic acids is 1. The van der Waals surface area contributed by atoms with Gasteiger partial charge in [-0.1, -0.05) is 26.3 Å². The predicted octanol–water partition coefficient (Wildman–Crippen LogP) is 1.67. The maximum absolute atomic E-state index is 13.9. The Bertz CT molecular complexity index is 769. The number of aliphatic hydroxyl groups is 1. The summed E-state index contributed by atoms with van der Waals surface area (Å²) in [6.07, 6.45) is 3.26. The van der Waals surface area contributed by atoms with Crippen LogP contribution in [0.3, 0.4) is 0 Å². The fourth-order valence-electron chi connectivity index (χ4n) is 6.04. The van der Waals surface area contributed by atoms with E-state index in [2.05, 4.69) is 6.58 Å². The van der Waals surface area contributed by atoms with Crippen LogP contribution in [-0.4, -0.2) is 80.3 Å². The van der Waals surface area contributed by atoms with E-state index in [4.69, 9.17) is 4.74 Å². The SMILES string of the molecule is C=CCN(C(=O)C1N([C@@H](CO)[C@@H](C)CC)C(=O)[C@@H]2[C@@H](C(=O)O)[C@@]3(C)CCC12O3)C(C)C. The number of aliphatic hydroxyl groups excluding tert-OH is 1. The summed E-state index contributed by atoms with van der Waals surface area (Å²) in [5.74, 6) is -3.77. The first kappa shape index (κ1) is 23.7. The normalized spacial score (nSPS) is 35.9. The van der Waals surface area contributed by atoms with E-state index in [1.807, 2.05) is 27.7 Å². The highest BCUT2D eigenvalue weighted by Gasteiger charge is 2.79. The van der Waals surface area contributed by atoms with Gasteiger partial charge in [0.2, 0.25) is 11.8 Å². The zero-order valence-electron chi connectivity index (χ0n) is 19.2. The standard InChI is InChI=1S/C23H36N2O6/c1-7-11-24(13(3)4)20(28)18-23-10-9-22(6,31-23)17(21(29)30)16(23)19(27)25(18)15(12-26)14(5)8-2/h7,13-18,26H,1,8-12H2,2-6H3,(H,29,30)/t14-,15-,16-,17-,18?,22+,23?/m0/s1. The molecule has 0 radical (unpaired) electrons. The van der Waals surface area contributed by atoms with E-state index < -0.39 is 47.0 Å². The molecule has 8 heteroatoms. The quantitative estimate of drug-likeness (QED) is 0.533. The van der Waals surface area contributed by atoms with Crippen LogP contribution in [0, 0.1) is 17.8 Å². The molecule has 7 atom stereocenters. The highest BCUT2D eigenvalue weighted by molar-refractivity contribution is 5.98. The van der Waals surface area contributed by atoms with Crippen molar-refractivity contribution in [2.75, 3.05) is 13.2 Å². The number of aliphatic carboxylic acids is 1.